The molecule has 4 atom stereocenters. The molecule has 1 spiro atoms. The molecule has 0 aliphatic carbocycles. The van der Waals surface area contributed by atoms with E-state index in [4.69, 9.17) is 19.0 Å². The Bertz CT molecular complexity index is 1590. The largest absolute Gasteiger partial charge is 0.511 e. The fourth-order valence-corrected chi connectivity index (χ4v) is 5.86. The lowest BCUT2D eigenvalue weighted by Gasteiger charge is -2.42. The number of aromatic nitrogens is 1. The topological polar surface area (TPSA) is 138 Å². The number of oxime groups is 1. The van der Waals surface area contributed by atoms with Gasteiger partial charge in [0.25, 0.3) is 11.8 Å². The molecular weight excluding hydrogens is 582 g/mol. The quantitative estimate of drug-likeness (QED) is 0.363. The molecule has 3 aliphatic rings. The predicted octanol–water partition coefficient (Wildman–Crippen LogP) is 4.06. The number of carbonyl (C=O) groups is 3. The molecule has 1 aromatic heterocycles. The smallest absolute Gasteiger partial charge is 0.448 e. The monoisotopic (exact) mass is 616 g/mol. The first kappa shape index (κ1) is 31.0. The van der Waals surface area contributed by atoms with Crippen molar-refractivity contribution in [1.82, 2.24) is 14.8 Å². The number of benzene rings is 1. The second-order valence-corrected chi connectivity index (χ2v) is 11.6. The van der Waals surface area contributed by atoms with Crippen LogP contribution in [-0.2, 0) is 20.9 Å². The van der Waals surface area contributed by atoms with Crippen LogP contribution in [0.25, 0.3) is 0 Å². The van der Waals surface area contributed by atoms with E-state index in [1.54, 1.807) is 18.7 Å². The Morgan fingerprint density at radius 1 is 1.20 bits per heavy atom. The van der Waals surface area contributed by atoms with E-state index in [2.05, 4.69) is 10.5 Å². The van der Waals surface area contributed by atoms with Gasteiger partial charge >= 0.3 is 6.16 Å². The summed E-state index contributed by atoms with van der Waals surface area (Å²) in [6.07, 6.45) is -0.0716. The summed E-state index contributed by atoms with van der Waals surface area (Å²) in [5.41, 5.74) is -1.62. The lowest BCUT2D eigenvalue weighted by Crippen LogP contribution is -2.52. The van der Waals surface area contributed by atoms with Crippen molar-refractivity contribution in [2.45, 2.75) is 90.5 Å². The summed E-state index contributed by atoms with van der Waals surface area (Å²) < 4.78 is 45.1. The molecule has 1 fully saturated rings. The molecule has 0 saturated carbocycles. The number of halogens is 2. The van der Waals surface area contributed by atoms with Crippen molar-refractivity contribution in [2.75, 3.05) is 6.54 Å². The Balaban J connectivity index is 1.59. The van der Waals surface area contributed by atoms with Crippen LogP contribution >= 0.6 is 0 Å². The number of nitrogens with zero attached hydrogens (tertiary/aromatic N) is 3. The van der Waals surface area contributed by atoms with Crippen molar-refractivity contribution >= 4 is 23.7 Å². The summed E-state index contributed by atoms with van der Waals surface area (Å²) in [4.78, 5) is 61.1. The Kier molecular flexibility index (Phi) is 8.36. The number of carbonyl (C=O) groups excluding carboxylic acids is 3. The first-order valence-electron chi connectivity index (χ1n) is 14.4. The number of amides is 2. The van der Waals surface area contributed by atoms with Gasteiger partial charge in [-0.25, -0.2) is 13.6 Å². The maximum absolute atomic E-state index is 14.3. The van der Waals surface area contributed by atoms with E-state index < -0.39 is 70.4 Å². The van der Waals surface area contributed by atoms with Gasteiger partial charge in [-0.1, -0.05) is 11.2 Å². The molecule has 2 amide bonds. The Hall–Kier alpha value is -4.49. The highest BCUT2D eigenvalue weighted by Gasteiger charge is 2.54. The van der Waals surface area contributed by atoms with Gasteiger partial charge in [0.15, 0.2) is 11.3 Å². The van der Waals surface area contributed by atoms with E-state index in [1.165, 1.54) is 23.8 Å². The predicted molar refractivity (Wildman–Crippen MR) is 151 cm³/mol. The minimum Gasteiger partial charge on any atom is -0.448 e. The average molecular weight is 617 g/mol. The van der Waals surface area contributed by atoms with E-state index in [-0.39, 0.29) is 30.4 Å². The normalized spacial score (nSPS) is 23.0. The van der Waals surface area contributed by atoms with Crippen molar-refractivity contribution in [2.24, 2.45) is 5.16 Å². The summed E-state index contributed by atoms with van der Waals surface area (Å²) in [5, 5.41) is 6.68. The molecule has 236 valence electrons. The van der Waals surface area contributed by atoms with E-state index in [0.717, 1.165) is 11.8 Å². The number of pyridine rings is 1. The summed E-state index contributed by atoms with van der Waals surface area (Å²) in [5.74, 6) is -3.55. The molecule has 5 rings (SSSR count). The SMILES string of the molecule is CC1=NO[C@@]2(CC[C@H](C)N3C[C@H]2n2cc(C(=O)NCc4ccc(F)cc4F)c(=O)c(OC(C)OC(=O)OC(C)C)c2C3=O)C1. The molecule has 1 saturated heterocycles. The molecule has 2 bridgehead atoms. The van der Waals surface area contributed by atoms with Gasteiger partial charge in [-0.3, -0.25) is 14.4 Å². The van der Waals surface area contributed by atoms with E-state index >= 15 is 0 Å². The van der Waals surface area contributed by atoms with Gasteiger partial charge in [-0.05, 0) is 46.6 Å². The van der Waals surface area contributed by atoms with Crippen LogP contribution in [0.5, 0.6) is 5.75 Å². The van der Waals surface area contributed by atoms with Crippen molar-refractivity contribution in [3.63, 3.8) is 0 Å². The molecule has 1 aromatic carbocycles. The van der Waals surface area contributed by atoms with E-state index in [1.807, 2.05) is 13.8 Å². The maximum atomic E-state index is 14.3. The van der Waals surface area contributed by atoms with Crippen LogP contribution in [0.2, 0.25) is 0 Å². The summed E-state index contributed by atoms with van der Waals surface area (Å²) in [6, 6.07) is 2.12. The van der Waals surface area contributed by atoms with Crippen molar-refractivity contribution in [3.8, 4) is 5.75 Å². The minimum atomic E-state index is -1.39. The van der Waals surface area contributed by atoms with Crippen LogP contribution in [0.4, 0.5) is 13.6 Å². The Morgan fingerprint density at radius 2 is 1.95 bits per heavy atom. The fourth-order valence-electron chi connectivity index (χ4n) is 5.86. The van der Waals surface area contributed by atoms with Gasteiger partial charge in [0.05, 0.1) is 17.9 Å². The lowest BCUT2D eigenvalue weighted by atomic mass is 9.84. The van der Waals surface area contributed by atoms with Crippen molar-refractivity contribution in [3.05, 3.63) is 63.1 Å². The van der Waals surface area contributed by atoms with Crippen molar-refractivity contribution < 1.29 is 42.2 Å². The zero-order valence-corrected chi connectivity index (χ0v) is 25.0. The highest BCUT2D eigenvalue weighted by atomic mass is 19.1. The van der Waals surface area contributed by atoms with Crippen LogP contribution in [0.1, 0.15) is 86.3 Å². The lowest BCUT2D eigenvalue weighted by molar-refractivity contribution is -0.0688. The molecule has 4 heterocycles. The third-order valence-corrected chi connectivity index (χ3v) is 8.00. The number of fused-ring (bicyclic) bond motifs is 5. The van der Waals surface area contributed by atoms with E-state index in [9.17, 15) is 28.0 Å². The Morgan fingerprint density at radius 3 is 2.61 bits per heavy atom. The molecule has 1 unspecified atom stereocenters. The van der Waals surface area contributed by atoms with Crippen LogP contribution in [-0.4, -0.2) is 63.7 Å². The van der Waals surface area contributed by atoms with Gasteiger partial charge in [0.2, 0.25) is 17.5 Å². The average Bonchev–Trinajstić information content (AvgIpc) is 3.27. The Labute approximate surface area is 251 Å². The van der Waals surface area contributed by atoms with Crippen LogP contribution < -0.4 is 15.5 Å². The third kappa shape index (κ3) is 5.84. The number of rotatable bonds is 7. The van der Waals surface area contributed by atoms with E-state index in [0.29, 0.717) is 25.3 Å². The fraction of sp³-hybridized carbons (Fsp3) is 0.500. The van der Waals surface area contributed by atoms with Crippen LogP contribution in [0, 0.1) is 11.6 Å². The number of hydrogen-bond acceptors (Lipinski definition) is 9. The molecular formula is C30H34F2N4O8. The molecule has 0 radical (unpaired) electrons. The van der Waals surface area contributed by atoms with Gasteiger partial charge in [-0.2, -0.15) is 0 Å². The molecule has 2 aromatic rings. The van der Waals surface area contributed by atoms with Gasteiger partial charge in [-0.15, -0.1) is 0 Å². The number of nitrogens with one attached hydrogen (secondary N) is 1. The zero-order valence-electron chi connectivity index (χ0n) is 25.0. The third-order valence-electron chi connectivity index (χ3n) is 8.00. The zero-order chi connectivity index (χ0) is 31.9. The first-order valence-corrected chi connectivity index (χ1v) is 14.4. The summed E-state index contributed by atoms with van der Waals surface area (Å²) in [6.45, 7) is 8.18. The number of hydrogen-bond donors (Lipinski definition) is 1. The minimum absolute atomic E-state index is 0.00511. The molecule has 12 nitrogen and oxygen atoms in total. The summed E-state index contributed by atoms with van der Waals surface area (Å²) >= 11 is 0. The van der Waals surface area contributed by atoms with Crippen LogP contribution in [0.3, 0.4) is 0 Å². The van der Waals surface area contributed by atoms with Crippen LogP contribution in [0.15, 0.2) is 34.3 Å². The highest BCUT2D eigenvalue weighted by molar-refractivity contribution is 5.99. The van der Waals surface area contributed by atoms with Crippen molar-refractivity contribution in [1.29, 1.82) is 0 Å². The molecule has 14 heteroatoms. The van der Waals surface area contributed by atoms with Gasteiger partial charge in [0, 0.05) is 50.3 Å². The maximum Gasteiger partial charge on any atom is 0.511 e. The summed E-state index contributed by atoms with van der Waals surface area (Å²) in [7, 11) is 0. The molecule has 3 aliphatic heterocycles. The second-order valence-electron chi connectivity index (χ2n) is 11.6. The first-order chi connectivity index (χ1) is 20.8. The standard InChI is InChI=1S/C30H34F2N4O8/c1-15(2)41-29(40)43-18(5)42-26-24-28(39)35-14-23(30(9-8-17(35)4)11-16(3)34-44-30)36(24)13-21(25(26)37)27(38)33-12-19-6-7-20(31)10-22(19)32/h6-7,10,13,15,17-18,23H,8-9,11-12,14H2,1-5H3,(H,33,38)/t17-,18?,23+,30-/m0/s1. The van der Waals surface area contributed by atoms with Gasteiger partial charge in [0.1, 0.15) is 17.2 Å². The molecule has 44 heavy (non-hydrogen) atoms. The highest BCUT2D eigenvalue weighted by Crippen LogP contribution is 2.46. The van der Waals surface area contributed by atoms with Gasteiger partial charge < -0.3 is 33.8 Å². The molecule has 1 N–H and O–H groups in total. The number of ether oxygens (including phenoxy) is 3. The second kappa shape index (κ2) is 11.9.